The molecule has 0 aromatic carbocycles. The summed E-state index contributed by atoms with van der Waals surface area (Å²) in [5.74, 6) is -3.24. The van der Waals surface area contributed by atoms with Crippen LogP contribution in [0.3, 0.4) is 0 Å². The third-order valence-corrected chi connectivity index (χ3v) is 9.35. The smallest absolute Gasteiger partial charge is 0.362 e. The van der Waals surface area contributed by atoms with E-state index in [9.17, 15) is 29.7 Å². The van der Waals surface area contributed by atoms with Gasteiger partial charge in [0.1, 0.15) is 0 Å². The van der Waals surface area contributed by atoms with Gasteiger partial charge in [0.2, 0.25) is 0 Å². The first-order valence-corrected chi connectivity index (χ1v) is 18.4. The summed E-state index contributed by atoms with van der Waals surface area (Å²) in [6.07, 6.45) is 28.9. The van der Waals surface area contributed by atoms with Gasteiger partial charge in [-0.15, -0.1) is 0 Å². The van der Waals surface area contributed by atoms with Gasteiger partial charge in [0, 0.05) is 19.3 Å². The summed E-state index contributed by atoms with van der Waals surface area (Å²) >= 11 is 0. The molecule has 3 N–H and O–H groups in total. The number of nitrogens with zero attached hydrogens (tertiary/aromatic N) is 1. The first kappa shape index (κ1) is 42.1. The molecule has 7 heteroatoms. The van der Waals surface area contributed by atoms with Gasteiger partial charge >= 0.3 is 17.9 Å². The molecule has 0 aliphatic rings. The average Bonchev–Trinajstić information content (AvgIpc) is 2.98. The third kappa shape index (κ3) is 17.0. The van der Waals surface area contributed by atoms with Crippen LogP contribution in [0.5, 0.6) is 0 Å². The first-order valence-electron chi connectivity index (χ1n) is 18.4. The maximum absolute atomic E-state index is 12.6. The molecule has 0 saturated heterocycles. The maximum Gasteiger partial charge on any atom is 0.362 e. The van der Waals surface area contributed by atoms with Crippen LogP contribution in [0.15, 0.2) is 12.2 Å². The highest BCUT2D eigenvalue weighted by atomic mass is 16.4. The van der Waals surface area contributed by atoms with E-state index in [-0.39, 0.29) is 30.3 Å². The molecule has 7 nitrogen and oxygen atoms in total. The Labute approximate surface area is 270 Å². The SMILES string of the molecule is CC/C=C/CCCCCCCCCCCCCCCCCC[N+](C(CCC)C(=O)O)(C(CCC)C(=O)O)C(CCC)C(=O)O. The Bertz CT molecular complexity index is 707. The van der Waals surface area contributed by atoms with Crippen LogP contribution in [0.1, 0.15) is 182 Å². The molecule has 0 aromatic rings. The van der Waals surface area contributed by atoms with E-state index in [0.717, 1.165) is 25.7 Å². The fourth-order valence-corrected chi connectivity index (χ4v) is 7.06. The number of carbonyl (C=O) groups is 3. The van der Waals surface area contributed by atoms with Crippen molar-refractivity contribution < 1.29 is 34.2 Å². The monoisotopic (exact) mass is 625 g/mol. The van der Waals surface area contributed by atoms with Crippen molar-refractivity contribution in [1.29, 1.82) is 0 Å². The van der Waals surface area contributed by atoms with Crippen molar-refractivity contribution in [2.24, 2.45) is 0 Å². The number of quaternary nitrogens is 1. The Kier molecular flexibility index (Phi) is 26.2. The summed E-state index contributed by atoms with van der Waals surface area (Å²) in [7, 11) is 0. The standard InChI is InChI=1S/C37H69NO6/c1-5-9-10-11-12-13-14-15-16-17-18-19-20-21-22-23-24-25-26-27-31-38(32(28-6-2)35(39)40,33(29-7-3)36(41)42)34(30-8-4)37(43)44/h9-10,32-34H,5-8,11-31H2,1-4H3,(H2-,39,40,41,42,43,44)/p+1/b10-9+. The van der Waals surface area contributed by atoms with Crippen molar-refractivity contribution in [3.05, 3.63) is 12.2 Å². The highest BCUT2D eigenvalue weighted by Gasteiger charge is 2.56. The number of hydrogen-bond acceptors (Lipinski definition) is 3. The highest BCUT2D eigenvalue weighted by Crippen LogP contribution is 2.34. The van der Waals surface area contributed by atoms with Gasteiger partial charge in [-0.25, -0.2) is 14.4 Å². The Morgan fingerprint density at radius 1 is 0.477 bits per heavy atom. The molecule has 0 bridgehead atoms. The fraction of sp³-hybridized carbons (Fsp3) is 0.865. The van der Waals surface area contributed by atoms with E-state index < -0.39 is 36.0 Å². The maximum atomic E-state index is 12.6. The Balaban J connectivity index is 4.70. The second-order valence-corrected chi connectivity index (χ2v) is 13.0. The number of unbranched alkanes of at least 4 members (excludes halogenated alkanes) is 16. The minimum atomic E-state index is -1.08. The van der Waals surface area contributed by atoms with Crippen LogP contribution in [0, 0.1) is 0 Å². The molecule has 0 saturated carbocycles. The Morgan fingerprint density at radius 3 is 1.05 bits per heavy atom. The second-order valence-electron chi connectivity index (χ2n) is 13.0. The van der Waals surface area contributed by atoms with Crippen molar-refractivity contribution in [2.75, 3.05) is 6.54 Å². The largest absolute Gasteiger partial charge is 0.477 e. The average molecular weight is 625 g/mol. The van der Waals surface area contributed by atoms with E-state index in [1.165, 1.54) is 83.5 Å². The van der Waals surface area contributed by atoms with E-state index in [2.05, 4.69) is 19.1 Å². The molecular weight excluding hydrogens is 554 g/mol. The topological polar surface area (TPSA) is 112 Å². The number of aliphatic carboxylic acids is 3. The van der Waals surface area contributed by atoms with Gasteiger partial charge in [0.15, 0.2) is 18.1 Å². The number of rotatable bonds is 32. The molecule has 0 aromatic heterocycles. The van der Waals surface area contributed by atoms with Crippen molar-refractivity contribution in [3.63, 3.8) is 0 Å². The lowest BCUT2D eigenvalue weighted by Gasteiger charge is -2.50. The predicted molar refractivity (Wildman–Crippen MR) is 182 cm³/mol. The van der Waals surface area contributed by atoms with Gasteiger partial charge in [-0.05, 0) is 51.4 Å². The van der Waals surface area contributed by atoms with Crippen LogP contribution >= 0.6 is 0 Å². The van der Waals surface area contributed by atoms with Gasteiger partial charge in [-0.2, -0.15) is 0 Å². The van der Waals surface area contributed by atoms with E-state index in [1.807, 2.05) is 20.8 Å². The van der Waals surface area contributed by atoms with Crippen LogP contribution in [0.4, 0.5) is 0 Å². The zero-order valence-electron chi connectivity index (χ0n) is 29.1. The van der Waals surface area contributed by atoms with Gasteiger partial charge < -0.3 is 15.3 Å². The van der Waals surface area contributed by atoms with Gasteiger partial charge in [-0.3, -0.25) is 4.48 Å². The van der Waals surface area contributed by atoms with Crippen molar-refractivity contribution in [2.45, 2.75) is 200 Å². The minimum absolute atomic E-state index is 0.271. The van der Waals surface area contributed by atoms with Crippen molar-refractivity contribution in [1.82, 2.24) is 0 Å². The van der Waals surface area contributed by atoms with Crippen molar-refractivity contribution in [3.8, 4) is 0 Å². The van der Waals surface area contributed by atoms with Gasteiger partial charge in [0.05, 0.1) is 6.54 Å². The summed E-state index contributed by atoms with van der Waals surface area (Å²) in [6.45, 7) is 8.11. The summed E-state index contributed by atoms with van der Waals surface area (Å²) in [4.78, 5) is 37.8. The number of carboxylic acid groups (broad SMARTS) is 3. The number of allylic oxidation sites excluding steroid dienone is 2. The molecule has 0 radical (unpaired) electrons. The van der Waals surface area contributed by atoms with Gasteiger partial charge in [0.25, 0.3) is 0 Å². The van der Waals surface area contributed by atoms with Crippen LogP contribution < -0.4 is 0 Å². The minimum Gasteiger partial charge on any atom is -0.477 e. The molecule has 258 valence electrons. The van der Waals surface area contributed by atoms with E-state index in [0.29, 0.717) is 25.7 Å². The van der Waals surface area contributed by atoms with E-state index >= 15 is 0 Å². The van der Waals surface area contributed by atoms with Crippen LogP contribution in [0.2, 0.25) is 0 Å². The molecule has 0 aliphatic carbocycles. The molecule has 0 amide bonds. The molecular formula is C37H70NO6+. The molecule has 0 aliphatic heterocycles. The summed E-state index contributed by atoms with van der Waals surface area (Å²) < 4.78 is -0.369. The molecule has 44 heavy (non-hydrogen) atoms. The quantitative estimate of drug-likeness (QED) is 0.0390. The number of hydrogen-bond donors (Lipinski definition) is 3. The number of carboxylic acids is 3. The van der Waals surface area contributed by atoms with Crippen LogP contribution in [0.25, 0.3) is 0 Å². The van der Waals surface area contributed by atoms with Crippen LogP contribution in [-0.4, -0.2) is 62.4 Å². The van der Waals surface area contributed by atoms with E-state index in [4.69, 9.17) is 0 Å². The van der Waals surface area contributed by atoms with Gasteiger partial charge in [-0.1, -0.05) is 123 Å². The zero-order chi connectivity index (χ0) is 33.1. The summed E-state index contributed by atoms with van der Waals surface area (Å²) in [6, 6.07) is -3.13. The predicted octanol–water partition coefficient (Wildman–Crippen LogP) is 10.2. The lowest BCUT2D eigenvalue weighted by molar-refractivity contribution is -0.973. The molecule has 0 heterocycles. The normalized spacial score (nSPS) is 15.2. The third-order valence-electron chi connectivity index (χ3n) is 9.35. The lowest BCUT2D eigenvalue weighted by Crippen LogP contribution is -2.72. The Hall–Kier alpha value is -1.89. The molecule has 3 unspecified atom stereocenters. The van der Waals surface area contributed by atoms with E-state index in [1.54, 1.807) is 0 Å². The Morgan fingerprint density at radius 2 is 0.773 bits per heavy atom. The summed E-state index contributed by atoms with van der Waals surface area (Å²) in [5, 5.41) is 30.9. The fourth-order valence-electron chi connectivity index (χ4n) is 7.06. The van der Waals surface area contributed by atoms with Crippen molar-refractivity contribution >= 4 is 17.9 Å². The lowest BCUT2D eigenvalue weighted by atomic mass is 9.91. The molecule has 0 spiro atoms. The highest BCUT2D eigenvalue weighted by molar-refractivity contribution is 5.78. The molecule has 0 rings (SSSR count). The molecule has 0 fully saturated rings. The van der Waals surface area contributed by atoms with Crippen LogP contribution in [-0.2, 0) is 14.4 Å². The second kappa shape index (κ2) is 27.4. The summed E-state index contributed by atoms with van der Waals surface area (Å²) in [5.41, 5.74) is 0. The first-order chi connectivity index (χ1) is 21.2. The molecule has 3 atom stereocenters. The zero-order valence-corrected chi connectivity index (χ0v) is 29.1.